The third-order valence-electron chi connectivity index (χ3n) is 7.74. The summed E-state index contributed by atoms with van der Waals surface area (Å²) in [5, 5.41) is 8.78. The molecule has 5 aromatic rings. The van der Waals surface area contributed by atoms with Crippen molar-refractivity contribution in [1.29, 1.82) is 0 Å². The molecular weight excluding hydrogens is 538 g/mol. The molecule has 0 radical (unpaired) electrons. The number of fused-ring (bicyclic) bond motifs is 2. The van der Waals surface area contributed by atoms with Gasteiger partial charge in [-0.15, -0.1) is 0 Å². The van der Waals surface area contributed by atoms with Crippen LogP contribution in [-0.2, 0) is 4.74 Å². The van der Waals surface area contributed by atoms with E-state index in [2.05, 4.69) is 81.3 Å². The lowest BCUT2D eigenvalue weighted by Gasteiger charge is -2.20. The summed E-state index contributed by atoms with van der Waals surface area (Å²) >= 11 is 0. The van der Waals surface area contributed by atoms with E-state index in [1.165, 1.54) is 0 Å². The molecule has 2 aliphatic heterocycles. The molecule has 0 atom stereocenters. The molecule has 0 bridgehead atoms. The standard InChI is InChI=1S/C35H35N5O3/c1-35(2,3)43-34(41)40-21-28(27-13-12-25(18-29(27)40)32-36-14-4-15-37-32)22-6-8-23(9-7-22)30-19-24-10-11-26(20-31(24)42-30)33-38-16-5-17-39-33/h6-13,18-21H,4-5,14-17H2,1-3H3,(H,36,37)(H,38,39). The van der Waals surface area contributed by atoms with E-state index in [9.17, 15) is 4.79 Å². The van der Waals surface area contributed by atoms with Crippen LogP contribution in [0.1, 0.15) is 44.7 Å². The molecule has 8 nitrogen and oxygen atoms in total. The minimum absolute atomic E-state index is 0.410. The molecule has 2 N–H and O–H groups in total. The number of aromatic nitrogens is 1. The zero-order valence-electron chi connectivity index (χ0n) is 24.7. The van der Waals surface area contributed by atoms with E-state index in [1.54, 1.807) is 4.57 Å². The summed E-state index contributed by atoms with van der Waals surface area (Å²) in [7, 11) is 0. The Labute approximate surface area is 250 Å². The number of carbonyl (C=O) groups is 1. The number of amidine groups is 2. The van der Waals surface area contributed by atoms with E-state index in [-0.39, 0.29) is 0 Å². The van der Waals surface area contributed by atoms with Crippen LogP contribution in [0.2, 0.25) is 0 Å². The van der Waals surface area contributed by atoms with Crippen LogP contribution >= 0.6 is 0 Å². The predicted molar refractivity (Wildman–Crippen MR) is 172 cm³/mol. The molecule has 2 aliphatic rings. The van der Waals surface area contributed by atoms with E-state index in [1.807, 2.05) is 33.0 Å². The van der Waals surface area contributed by atoms with Crippen molar-refractivity contribution in [2.75, 3.05) is 26.2 Å². The summed E-state index contributed by atoms with van der Waals surface area (Å²) in [5.74, 6) is 2.59. The van der Waals surface area contributed by atoms with E-state index in [0.29, 0.717) is 0 Å². The first-order valence-electron chi connectivity index (χ1n) is 14.9. The van der Waals surface area contributed by atoms with Gasteiger partial charge in [-0.05, 0) is 57.4 Å². The van der Waals surface area contributed by atoms with Crippen LogP contribution in [0.15, 0.2) is 87.3 Å². The van der Waals surface area contributed by atoms with Gasteiger partial charge in [0.2, 0.25) is 0 Å². The second-order valence-electron chi connectivity index (χ2n) is 12.1. The van der Waals surface area contributed by atoms with Crippen molar-refractivity contribution in [2.24, 2.45) is 9.98 Å². The van der Waals surface area contributed by atoms with Gasteiger partial charge in [-0.1, -0.05) is 48.5 Å². The molecule has 0 aliphatic carbocycles. The van der Waals surface area contributed by atoms with Gasteiger partial charge < -0.3 is 19.8 Å². The van der Waals surface area contributed by atoms with Crippen molar-refractivity contribution in [3.8, 4) is 22.5 Å². The van der Waals surface area contributed by atoms with Crippen LogP contribution in [0.5, 0.6) is 0 Å². The number of hydrogen-bond donors (Lipinski definition) is 2. The lowest BCUT2D eigenvalue weighted by atomic mass is 10.0. The first-order valence-corrected chi connectivity index (χ1v) is 14.9. The fraction of sp³-hybridized carbons (Fsp3) is 0.286. The summed E-state index contributed by atoms with van der Waals surface area (Å²) in [6.45, 7) is 9.11. The molecule has 218 valence electrons. The quantitative estimate of drug-likeness (QED) is 0.242. The molecule has 0 spiro atoms. The Kier molecular flexibility index (Phi) is 6.76. The van der Waals surface area contributed by atoms with Crippen LogP contribution in [0.25, 0.3) is 44.3 Å². The molecule has 7 rings (SSSR count). The molecule has 0 amide bonds. The van der Waals surface area contributed by atoms with Gasteiger partial charge >= 0.3 is 6.09 Å². The maximum Gasteiger partial charge on any atom is 0.419 e. The van der Waals surface area contributed by atoms with Gasteiger partial charge in [0.15, 0.2) is 0 Å². The van der Waals surface area contributed by atoms with Crippen LogP contribution in [-0.4, -0.2) is 54.1 Å². The number of rotatable bonds is 4. The van der Waals surface area contributed by atoms with Crippen molar-refractivity contribution >= 4 is 39.6 Å². The van der Waals surface area contributed by atoms with Gasteiger partial charge in [0, 0.05) is 65.4 Å². The lowest BCUT2D eigenvalue weighted by molar-refractivity contribution is 0.0544. The second-order valence-corrected chi connectivity index (χ2v) is 12.1. The molecule has 0 unspecified atom stereocenters. The van der Waals surface area contributed by atoms with Crippen molar-refractivity contribution in [3.05, 3.63) is 84.1 Å². The SMILES string of the molecule is CC(C)(C)OC(=O)n1cc(-c2ccc(-c3cc4ccc(C5=NCCCN5)cc4o3)cc2)c2ccc(C3=NCCCN3)cc21. The summed E-state index contributed by atoms with van der Waals surface area (Å²) in [5.41, 5.74) is 5.93. The average Bonchev–Trinajstić information content (AvgIpc) is 3.63. The summed E-state index contributed by atoms with van der Waals surface area (Å²) in [6, 6.07) is 22.7. The van der Waals surface area contributed by atoms with Crippen LogP contribution in [0, 0.1) is 0 Å². The normalized spacial score (nSPS) is 15.5. The Balaban J connectivity index is 1.24. The summed E-state index contributed by atoms with van der Waals surface area (Å²) < 4.78 is 13.7. The van der Waals surface area contributed by atoms with Crippen molar-refractivity contribution in [3.63, 3.8) is 0 Å². The number of carbonyl (C=O) groups excluding carboxylic acids is 1. The van der Waals surface area contributed by atoms with Gasteiger partial charge in [0.25, 0.3) is 0 Å². The van der Waals surface area contributed by atoms with Crippen molar-refractivity contribution in [2.45, 2.75) is 39.2 Å². The molecule has 0 fully saturated rings. The van der Waals surface area contributed by atoms with E-state index < -0.39 is 11.7 Å². The summed E-state index contributed by atoms with van der Waals surface area (Å²) in [4.78, 5) is 22.6. The highest BCUT2D eigenvalue weighted by Crippen LogP contribution is 2.35. The number of nitrogens with one attached hydrogen (secondary N) is 2. The Morgan fingerprint density at radius 1 is 0.814 bits per heavy atom. The first kappa shape index (κ1) is 27.0. The van der Waals surface area contributed by atoms with Gasteiger partial charge in [-0.3, -0.25) is 14.6 Å². The third-order valence-corrected chi connectivity index (χ3v) is 7.74. The fourth-order valence-electron chi connectivity index (χ4n) is 5.65. The molecule has 2 aromatic heterocycles. The van der Waals surface area contributed by atoms with E-state index in [4.69, 9.17) is 9.15 Å². The van der Waals surface area contributed by atoms with Crippen LogP contribution < -0.4 is 10.6 Å². The maximum atomic E-state index is 13.3. The van der Waals surface area contributed by atoms with Gasteiger partial charge in [0.05, 0.1) is 5.52 Å². The Bertz CT molecular complexity index is 1900. The van der Waals surface area contributed by atoms with Crippen LogP contribution in [0.3, 0.4) is 0 Å². The van der Waals surface area contributed by atoms with Crippen molar-refractivity contribution < 1.29 is 13.9 Å². The predicted octanol–water partition coefficient (Wildman–Crippen LogP) is 6.98. The molecule has 0 saturated carbocycles. The number of benzene rings is 3. The molecule has 43 heavy (non-hydrogen) atoms. The highest BCUT2D eigenvalue weighted by molar-refractivity contribution is 6.07. The average molecular weight is 574 g/mol. The maximum absolute atomic E-state index is 13.3. The zero-order valence-corrected chi connectivity index (χ0v) is 24.7. The third kappa shape index (κ3) is 5.41. The van der Waals surface area contributed by atoms with Crippen LogP contribution in [0.4, 0.5) is 4.79 Å². The van der Waals surface area contributed by atoms with Gasteiger partial charge in [-0.25, -0.2) is 4.79 Å². The zero-order chi connectivity index (χ0) is 29.6. The Morgan fingerprint density at radius 2 is 1.44 bits per heavy atom. The monoisotopic (exact) mass is 573 g/mol. The number of furan rings is 1. The largest absolute Gasteiger partial charge is 0.456 e. The number of nitrogens with zero attached hydrogens (tertiary/aromatic N) is 3. The van der Waals surface area contributed by atoms with E-state index in [0.717, 1.165) is 106 Å². The molecule has 8 heteroatoms. The lowest BCUT2D eigenvalue weighted by Crippen LogP contribution is -2.30. The number of hydrogen-bond acceptors (Lipinski definition) is 7. The molecule has 3 aromatic carbocycles. The minimum Gasteiger partial charge on any atom is -0.456 e. The van der Waals surface area contributed by atoms with E-state index >= 15 is 0 Å². The smallest absolute Gasteiger partial charge is 0.419 e. The molecule has 4 heterocycles. The first-order chi connectivity index (χ1) is 20.8. The highest BCUT2D eigenvalue weighted by atomic mass is 16.6. The highest BCUT2D eigenvalue weighted by Gasteiger charge is 2.22. The number of aliphatic imine (C=N–C) groups is 2. The molecule has 0 saturated heterocycles. The fourth-order valence-corrected chi connectivity index (χ4v) is 5.65. The summed E-state index contributed by atoms with van der Waals surface area (Å²) in [6.07, 6.45) is 3.54. The Morgan fingerprint density at radius 3 is 2.09 bits per heavy atom. The topological polar surface area (TPSA) is 93.2 Å². The van der Waals surface area contributed by atoms with Gasteiger partial charge in [-0.2, -0.15) is 0 Å². The van der Waals surface area contributed by atoms with Gasteiger partial charge in [0.1, 0.15) is 28.6 Å². The molecular formula is C35H35N5O3. The Hall–Kier alpha value is -4.85. The number of ether oxygens (including phenoxy) is 1. The minimum atomic E-state index is -0.615. The second kappa shape index (κ2) is 10.8. The van der Waals surface area contributed by atoms with Crippen molar-refractivity contribution in [1.82, 2.24) is 15.2 Å².